The van der Waals surface area contributed by atoms with Gasteiger partial charge < -0.3 is 20.5 Å². The smallest absolute Gasteiger partial charge is 0.257 e. The Kier molecular flexibility index (Phi) is 6.64. The summed E-state index contributed by atoms with van der Waals surface area (Å²) in [5.41, 5.74) is 6.27. The Morgan fingerprint density at radius 1 is 1.55 bits per heavy atom. The Bertz CT molecular complexity index is 489. The summed E-state index contributed by atoms with van der Waals surface area (Å²) in [7, 11) is 1.48. The lowest BCUT2D eigenvalue weighted by atomic mass is 10.2. The highest BCUT2D eigenvalue weighted by Gasteiger charge is 2.13. The molecule has 0 bridgehead atoms. The molecular formula is C13H16ClN3O3. The fraction of sp³-hybridized carbons (Fsp3) is 0.385. The predicted molar refractivity (Wildman–Crippen MR) is 74.6 cm³/mol. The molecule has 0 spiro atoms. The highest BCUT2D eigenvalue weighted by atomic mass is 35.5. The van der Waals surface area contributed by atoms with Gasteiger partial charge in [0.05, 0.1) is 19.6 Å². The van der Waals surface area contributed by atoms with E-state index in [1.54, 1.807) is 12.1 Å². The summed E-state index contributed by atoms with van der Waals surface area (Å²) in [6.07, 6.45) is 0.254. The maximum atomic E-state index is 11.5. The molecule has 0 aliphatic heterocycles. The van der Waals surface area contributed by atoms with Crippen molar-refractivity contribution in [3.63, 3.8) is 0 Å². The van der Waals surface area contributed by atoms with E-state index in [1.807, 2.05) is 6.07 Å². The molecule has 0 fully saturated rings. The number of methoxy groups -OCH3 is 1. The van der Waals surface area contributed by atoms with E-state index in [9.17, 15) is 4.79 Å². The van der Waals surface area contributed by atoms with Crippen LogP contribution in [-0.4, -0.2) is 26.2 Å². The van der Waals surface area contributed by atoms with Crippen LogP contribution in [0.3, 0.4) is 0 Å². The summed E-state index contributed by atoms with van der Waals surface area (Å²) in [6.45, 7) is 0.318. The van der Waals surface area contributed by atoms with Gasteiger partial charge in [-0.05, 0) is 6.07 Å². The third-order valence-corrected chi connectivity index (χ3v) is 2.66. The first-order valence-corrected chi connectivity index (χ1v) is 6.33. The van der Waals surface area contributed by atoms with Gasteiger partial charge in [0.2, 0.25) is 0 Å². The molecule has 0 heterocycles. The van der Waals surface area contributed by atoms with Gasteiger partial charge in [0.25, 0.3) is 5.91 Å². The largest absolute Gasteiger partial charge is 0.493 e. The highest BCUT2D eigenvalue weighted by molar-refractivity contribution is 6.30. The zero-order chi connectivity index (χ0) is 15.0. The quantitative estimate of drug-likeness (QED) is 0.737. The number of amides is 1. The van der Waals surface area contributed by atoms with Crippen LogP contribution in [-0.2, 0) is 11.3 Å². The van der Waals surface area contributed by atoms with Gasteiger partial charge in [0.15, 0.2) is 18.1 Å². The molecule has 0 unspecified atom stereocenters. The molecule has 0 atom stereocenters. The molecule has 0 saturated carbocycles. The molecule has 7 heteroatoms. The number of nitrogens with zero attached hydrogens (tertiary/aromatic N) is 1. The molecule has 0 aromatic heterocycles. The predicted octanol–water partition coefficient (Wildman–Crippen LogP) is 1.22. The number of hydrogen-bond donors (Lipinski definition) is 2. The first kappa shape index (κ1) is 16.1. The Morgan fingerprint density at radius 3 is 2.90 bits per heavy atom. The highest BCUT2D eigenvalue weighted by Crippen LogP contribution is 2.34. The van der Waals surface area contributed by atoms with Crippen LogP contribution >= 0.6 is 11.6 Å². The van der Waals surface area contributed by atoms with Crippen molar-refractivity contribution in [3.05, 3.63) is 22.7 Å². The van der Waals surface area contributed by atoms with E-state index in [0.29, 0.717) is 28.6 Å². The molecule has 1 amide bonds. The van der Waals surface area contributed by atoms with E-state index in [0.717, 1.165) is 0 Å². The molecule has 0 aliphatic rings. The average Bonchev–Trinajstić information content (AvgIpc) is 2.45. The summed E-state index contributed by atoms with van der Waals surface area (Å²) in [6, 6.07) is 5.18. The number of nitrogens with two attached hydrogens (primary N) is 1. The molecule has 1 rings (SSSR count). The Hall–Kier alpha value is -1.97. The van der Waals surface area contributed by atoms with Crippen LogP contribution in [0.25, 0.3) is 0 Å². The third kappa shape index (κ3) is 4.61. The minimum atomic E-state index is -0.319. The molecule has 1 aromatic rings. The van der Waals surface area contributed by atoms with Crippen molar-refractivity contribution in [2.45, 2.75) is 13.0 Å². The maximum absolute atomic E-state index is 11.5. The average molecular weight is 298 g/mol. The summed E-state index contributed by atoms with van der Waals surface area (Å²) >= 11 is 5.93. The van der Waals surface area contributed by atoms with E-state index >= 15 is 0 Å². The minimum Gasteiger partial charge on any atom is -0.493 e. The number of benzene rings is 1. The summed E-state index contributed by atoms with van der Waals surface area (Å²) in [5.74, 6) is 0.498. The molecule has 1 aromatic carbocycles. The summed E-state index contributed by atoms with van der Waals surface area (Å²) in [4.78, 5) is 11.5. The second-order valence-corrected chi connectivity index (χ2v) is 4.28. The van der Waals surface area contributed by atoms with E-state index in [2.05, 4.69) is 5.32 Å². The number of ether oxygens (including phenoxy) is 2. The zero-order valence-corrected chi connectivity index (χ0v) is 11.9. The van der Waals surface area contributed by atoms with E-state index in [-0.39, 0.29) is 25.5 Å². The van der Waals surface area contributed by atoms with Gasteiger partial charge in [0, 0.05) is 29.7 Å². The number of rotatable bonds is 7. The van der Waals surface area contributed by atoms with Gasteiger partial charge in [0.1, 0.15) is 0 Å². The number of halogens is 1. The fourth-order valence-corrected chi connectivity index (χ4v) is 1.77. The van der Waals surface area contributed by atoms with Crippen molar-refractivity contribution >= 4 is 17.5 Å². The van der Waals surface area contributed by atoms with Crippen molar-refractivity contribution in [2.24, 2.45) is 5.73 Å². The number of carbonyl (C=O) groups is 1. The monoisotopic (exact) mass is 297 g/mol. The van der Waals surface area contributed by atoms with Crippen molar-refractivity contribution < 1.29 is 14.3 Å². The van der Waals surface area contributed by atoms with Gasteiger partial charge in [-0.1, -0.05) is 11.6 Å². The Morgan fingerprint density at radius 2 is 2.30 bits per heavy atom. The second-order valence-electron chi connectivity index (χ2n) is 3.85. The lowest BCUT2D eigenvalue weighted by molar-refractivity contribution is -0.123. The van der Waals surface area contributed by atoms with Crippen LogP contribution in [0, 0.1) is 11.3 Å². The van der Waals surface area contributed by atoms with E-state index < -0.39 is 0 Å². The molecule has 20 heavy (non-hydrogen) atoms. The lowest BCUT2D eigenvalue weighted by Crippen LogP contribution is -2.29. The standard InChI is InChI=1S/C13H16ClN3O3/c1-19-11-6-10(14)5-9(7-16)13(11)20-8-12(18)17-4-2-3-15/h5-6H,2,4,7-8,16H2,1H3,(H,17,18). The summed E-state index contributed by atoms with van der Waals surface area (Å²) in [5, 5.41) is 11.4. The maximum Gasteiger partial charge on any atom is 0.257 e. The van der Waals surface area contributed by atoms with Crippen LogP contribution < -0.4 is 20.5 Å². The first-order valence-electron chi connectivity index (χ1n) is 5.95. The van der Waals surface area contributed by atoms with Crippen LogP contribution in [0.1, 0.15) is 12.0 Å². The third-order valence-electron chi connectivity index (χ3n) is 2.44. The first-order chi connectivity index (χ1) is 9.62. The lowest BCUT2D eigenvalue weighted by Gasteiger charge is -2.14. The van der Waals surface area contributed by atoms with Crippen LogP contribution in [0.5, 0.6) is 11.5 Å². The number of nitriles is 1. The number of nitrogens with one attached hydrogen (secondary N) is 1. The normalized spacial score (nSPS) is 9.70. The molecule has 0 radical (unpaired) electrons. The molecule has 0 saturated heterocycles. The molecular weight excluding hydrogens is 282 g/mol. The van der Waals surface area contributed by atoms with Crippen molar-refractivity contribution in [1.82, 2.24) is 5.32 Å². The van der Waals surface area contributed by atoms with E-state index in [4.69, 9.17) is 32.1 Å². The minimum absolute atomic E-state index is 0.184. The van der Waals surface area contributed by atoms with Gasteiger partial charge in [-0.25, -0.2) is 0 Å². The number of hydrogen-bond acceptors (Lipinski definition) is 5. The van der Waals surface area contributed by atoms with E-state index in [1.165, 1.54) is 7.11 Å². The molecule has 3 N–H and O–H groups in total. The van der Waals surface area contributed by atoms with Crippen LogP contribution in [0.2, 0.25) is 5.02 Å². The van der Waals surface area contributed by atoms with Crippen LogP contribution in [0.4, 0.5) is 0 Å². The Balaban J connectivity index is 2.72. The van der Waals surface area contributed by atoms with Gasteiger partial charge in [-0.3, -0.25) is 4.79 Å². The summed E-state index contributed by atoms with van der Waals surface area (Å²) < 4.78 is 10.6. The fourth-order valence-electron chi connectivity index (χ4n) is 1.54. The topological polar surface area (TPSA) is 97.4 Å². The molecule has 108 valence electrons. The SMILES string of the molecule is COc1cc(Cl)cc(CN)c1OCC(=O)NCCC#N. The zero-order valence-electron chi connectivity index (χ0n) is 11.1. The Labute approximate surface area is 122 Å². The van der Waals surface area contributed by atoms with Crippen molar-refractivity contribution in [3.8, 4) is 17.6 Å². The molecule has 6 nitrogen and oxygen atoms in total. The van der Waals surface area contributed by atoms with Crippen molar-refractivity contribution in [1.29, 1.82) is 5.26 Å². The van der Waals surface area contributed by atoms with Gasteiger partial charge >= 0.3 is 0 Å². The molecule has 0 aliphatic carbocycles. The van der Waals surface area contributed by atoms with Crippen LogP contribution in [0.15, 0.2) is 12.1 Å². The van der Waals surface area contributed by atoms with Gasteiger partial charge in [-0.15, -0.1) is 0 Å². The number of carbonyl (C=O) groups excluding carboxylic acids is 1. The van der Waals surface area contributed by atoms with Gasteiger partial charge in [-0.2, -0.15) is 5.26 Å². The second kappa shape index (κ2) is 8.25. The van der Waals surface area contributed by atoms with Crippen molar-refractivity contribution in [2.75, 3.05) is 20.3 Å².